The van der Waals surface area contributed by atoms with E-state index in [-0.39, 0.29) is 0 Å². The van der Waals surface area contributed by atoms with Crippen molar-refractivity contribution in [3.05, 3.63) is 21.7 Å². The van der Waals surface area contributed by atoms with Gasteiger partial charge >= 0.3 is 0 Å². The summed E-state index contributed by atoms with van der Waals surface area (Å²) in [6.45, 7) is 3.69. The summed E-state index contributed by atoms with van der Waals surface area (Å²) in [5, 5.41) is 8.76. The smallest absolute Gasteiger partial charge is 0.175 e. The van der Waals surface area contributed by atoms with Crippen LogP contribution in [-0.2, 0) is 6.54 Å². The summed E-state index contributed by atoms with van der Waals surface area (Å²) in [4.78, 5) is 0. The SMILES string of the molecule is Cc1c(CNO)cc(Br)c2c1OCCCO2. The predicted molar refractivity (Wildman–Crippen MR) is 63.1 cm³/mol. The highest BCUT2D eigenvalue weighted by molar-refractivity contribution is 9.10. The van der Waals surface area contributed by atoms with Crippen molar-refractivity contribution in [2.24, 2.45) is 0 Å². The van der Waals surface area contributed by atoms with Crippen LogP contribution in [0.15, 0.2) is 10.5 Å². The van der Waals surface area contributed by atoms with Crippen molar-refractivity contribution < 1.29 is 14.7 Å². The van der Waals surface area contributed by atoms with Crippen LogP contribution in [0.4, 0.5) is 0 Å². The van der Waals surface area contributed by atoms with Crippen LogP contribution in [-0.4, -0.2) is 18.4 Å². The lowest BCUT2D eigenvalue weighted by Crippen LogP contribution is -2.09. The van der Waals surface area contributed by atoms with Crippen molar-refractivity contribution in [2.45, 2.75) is 19.9 Å². The molecule has 1 aliphatic heterocycles. The van der Waals surface area contributed by atoms with Crippen LogP contribution in [0.5, 0.6) is 11.5 Å². The molecule has 0 spiro atoms. The summed E-state index contributed by atoms with van der Waals surface area (Å²) in [5.41, 5.74) is 4.14. The third kappa shape index (κ3) is 2.16. The number of rotatable bonds is 2. The lowest BCUT2D eigenvalue weighted by Gasteiger charge is -2.15. The Kier molecular flexibility index (Phi) is 3.68. The fourth-order valence-corrected chi connectivity index (χ4v) is 2.31. The molecule has 0 aliphatic carbocycles. The maximum absolute atomic E-state index is 8.76. The molecule has 0 saturated carbocycles. The summed E-state index contributed by atoms with van der Waals surface area (Å²) >= 11 is 3.46. The van der Waals surface area contributed by atoms with Gasteiger partial charge in [0.2, 0.25) is 0 Å². The second-order valence-electron chi connectivity index (χ2n) is 3.69. The number of fused-ring (bicyclic) bond motifs is 1. The molecule has 4 nitrogen and oxygen atoms in total. The molecule has 0 atom stereocenters. The standard InChI is InChI=1S/C11H14BrNO3/c1-7-8(6-13-14)5-9(12)11-10(7)15-3-2-4-16-11/h5,13-14H,2-4,6H2,1H3. The van der Waals surface area contributed by atoms with Gasteiger partial charge in [-0.1, -0.05) is 0 Å². The maximum Gasteiger partial charge on any atom is 0.175 e. The second kappa shape index (κ2) is 5.03. The van der Waals surface area contributed by atoms with Gasteiger partial charge in [-0.2, -0.15) is 0 Å². The fourth-order valence-electron chi connectivity index (χ4n) is 1.74. The van der Waals surface area contributed by atoms with Crippen molar-refractivity contribution in [1.29, 1.82) is 0 Å². The van der Waals surface area contributed by atoms with Gasteiger partial charge in [0.15, 0.2) is 11.5 Å². The average Bonchev–Trinajstić information content (AvgIpc) is 2.51. The zero-order chi connectivity index (χ0) is 11.5. The van der Waals surface area contributed by atoms with Gasteiger partial charge in [-0.05, 0) is 40.0 Å². The molecule has 88 valence electrons. The van der Waals surface area contributed by atoms with E-state index < -0.39 is 0 Å². The maximum atomic E-state index is 8.76. The topological polar surface area (TPSA) is 50.7 Å². The van der Waals surface area contributed by atoms with E-state index in [1.807, 2.05) is 13.0 Å². The van der Waals surface area contributed by atoms with Gasteiger partial charge in [-0.3, -0.25) is 0 Å². The zero-order valence-corrected chi connectivity index (χ0v) is 10.6. The largest absolute Gasteiger partial charge is 0.489 e. The van der Waals surface area contributed by atoms with Gasteiger partial charge < -0.3 is 14.7 Å². The van der Waals surface area contributed by atoms with Gasteiger partial charge in [0.1, 0.15) is 0 Å². The van der Waals surface area contributed by atoms with Crippen molar-refractivity contribution >= 4 is 15.9 Å². The van der Waals surface area contributed by atoms with Crippen LogP contribution in [0.1, 0.15) is 17.5 Å². The van der Waals surface area contributed by atoms with E-state index in [4.69, 9.17) is 14.7 Å². The summed E-state index contributed by atoms with van der Waals surface area (Å²) in [5.74, 6) is 1.54. The number of nitrogens with one attached hydrogen (secondary N) is 1. The molecule has 16 heavy (non-hydrogen) atoms. The number of hydrogen-bond donors (Lipinski definition) is 2. The Balaban J connectivity index is 2.47. The quantitative estimate of drug-likeness (QED) is 0.820. The summed E-state index contributed by atoms with van der Waals surface area (Å²) in [6.07, 6.45) is 0.883. The number of hydroxylamine groups is 1. The lowest BCUT2D eigenvalue weighted by atomic mass is 10.1. The van der Waals surface area contributed by atoms with E-state index in [9.17, 15) is 0 Å². The fraction of sp³-hybridized carbons (Fsp3) is 0.455. The Bertz CT molecular complexity index is 395. The number of ether oxygens (including phenoxy) is 2. The van der Waals surface area contributed by atoms with Gasteiger partial charge in [-0.15, -0.1) is 0 Å². The van der Waals surface area contributed by atoms with Crippen LogP contribution in [0, 0.1) is 6.92 Å². The Labute approximate surface area is 103 Å². The molecule has 5 heteroatoms. The number of benzene rings is 1. The first-order valence-electron chi connectivity index (χ1n) is 5.18. The Hall–Kier alpha value is -0.780. The minimum atomic E-state index is 0.390. The van der Waals surface area contributed by atoms with E-state index in [1.54, 1.807) is 0 Å². The molecule has 0 bridgehead atoms. The molecule has 1 aromatic rings. The van der Waals surface area contributed by atoms with Crippen molar-refractivity contribution in [3.63, 3.8) is 0 Å². The Morgan fingerprint density at radius 3 is 2.75 bits per heavy atom. The first-order chi connectivity index (χ1) is 7.74. The lowest BCUT2D eigenvalue weighted by molar-refractivity contribution is 0.161. The van der Waals surface area contributed by atoms with Gasteiger partial charge in [0.05, 0.1) is 17.7 Å². The molecule has 0 saturated heterocycles. The number of halogens is 1. The van der Waals surface area contributed by atoms with E-state index in [0.29, 0.717) is 19.8 Å². The molecule has 1 heterocycles. The van der Waals surface area contributed by atoms with Crippen molar-refractivity contribution in [1.82, 2.24) is 5.48 Å². The van der Waals surface area contributed by atoms with Crippen LogP contribution in [0.3, 0.4) is 0 Å². The third-order valence-electron chi connectivity index (χ3n) is 2.60. The highest BCUT2D eigenvalue weighted by atomic mass is 79.9. The van der Waals surface area contributed by atoms with E-state index >= 15 is 0 Å². The molecule has 0 aromatic heterocycles. The van der Waals surface area contributed by atoms with Crippen LogP contribution < -0.4 is 15.0 Å². The van der Waals surface area contributed by atoms with E-state index in [0.717, 1.165) is 33.5 Å². The molecule has 2 rings (SSSR count). The first-order valence-corrected chi connectivity index (χ1v) is 5.98. The predicted octanol–water partition coefficient (Wildman–Crippen LogP) is 2.40. The summed E-state index contributed by atoms with van der Waals surface area (Å²) in [6, 6.07) is 1.94. The Morgan fingerprint density at radius 2 is 2.06 bits per heavy atom. The van der Waals surface area contributed by atoms with Crippen LogP contribution in [0.25, 0.3) is 0 Å². The summed E-state index contributed by atoms with van der Waals surface area (Å²) in [7, 11) is 0. The molecule has 1 aromatic carbocycles. The normalized spacial score (nSPS) is 14.7. The third-order valence-corrected chi connectivity index (χ3v) is 3.19. The highest BCUT2D eigenvalue weighted by Gasteiger charge is 2.19. The molecule has 2 N–H and O–H groups in total. The first kappa shape index (κ1) is 11.7. The summed E-state index contributed by atoms with van der Waals surface area (Å²) < 4.78 is 12.2. The van der Waals surface area contributed by atoms with Crippen molar-refractivity contribution in [2.75, 3.05) is 13.2 Å². The molecule has 0 radical (unpaired) electrons. The van der Waals surface area contributed by atoms with E-state index in [1.165, 1.54) is 0 Å². The van der Waals surface area contributed by atoms with Crippen LogP contribution in [0.2, 0.25) is 0 Å². The minimum Gasteiger partial charge on any atom is -0.489 e. The molecule has 0 fully saturated rings. The average molecular weight is 288 g/mol. The van der Waals surface area contributed by atoms with Crippen molar-refractivity contribution in [3.8, 4) is 11.5 Å². The monoisotopic (exact) mass is 287 g/mol. The molecular formula is C11H14BrNO3. The zero-order valence-electron chi connectivity index (χ0n) is 9.05. The van der Waals surface area contributed by atoms with Crippen LogP contribution >= 0.6 is 15.9 Å². The second-order valence-corrected chi connectivity index (χ2v) is 4.54. The molecule has 0 amide bonds. The highest BCUT2D eigenvalue weighted by Crippen LogP contribution is 2.41. The minimum absolute atomic E-state index is 0.390. The van der Waals surface area contributed by atoms with Gasteiger partial charge in [0.25, 0.3) is 0 Å². The molecular weight excluding hydrogens is 274 g/mol. The van der Waals surface area contributed by atoms with E-state index in [2.05, 4.69) is 21.4 Å². The van der Waals surface area contributed by atoms with Gasteiger partial charge in [0, 0.05) is 13.0 Å². The van der Waals surface area contributed by atoms with Gasteiger partial charge in [-0.25, -0.2) is 5.48 Å². The number of hydrogen-bond acceptors (Lipinski definition) is 4. The molecule has 0 unspecified atom stereocenters. The molecule has 1 aliphatic rings. The Morgan fingerprint density at radius 1 is 1.38 bits per heavy atom.